The normalized spacial score (nSPS) is 15.0. The van der Waals surface area contributed by atoms with Crippen molar-refractivity contribution in [1.29, 1.82) is 0 Å². The minimum absolute atomic E-state index is 0.102. The van der Waals surface area contributed by atoms with E-state index in [1.807, 2.05) is 36.1 Å². The van der Waals surface area contributed by atoms with Crippen LogP contribution in [-0.2, 0) is 5.41 Å². The Morgan fingerprint density at radius 3 is 2.04 bits per heavy atom. The van der Waals surface area contributed by atoms with E-state index in [1.54, 1.807) is 0 Å². The molecule has 27 heavy (non-hydrogen) atoms. The maximum Gasteiger partial charge on any atom is 0.253 e. The number of hydrogen-bond donors (Lipinski definition) is 0. The van der Waals surface area contributed by atoms with Gasteiger partial charge in [0.2, 0.25) is 0 Å². The molecule has 0 saturated carbocycles. The van der Waals surface area contributed by atoms with E-state index in [0.29, 0.717) is 6.61 Å². The average molecular weight is 367 g/mol. The van der Waals surface area contributed by atoms with Gasteiger partial charge in [0.15, 0.2) is 0 Å². The van der Waals surface area contributed by atoms with Crippen LogP contribution in [0.1, 0.15) is 43.6 Å². The number of piperazine rings is 1. The molecule has 0 N–H and O–H groups in total. The fourth-order valence-corrected chi connectivity index (χ4v) is 3.38. The highest BCUT2D eigenvalue weighted by atomic mass is 16.5. The Balaban J connectivity index is 1.59. The van der Waals surface area contributed by atoms with Gasteiger partial charge in [-0.2, -0.15) is 0 Å². The maximum atomic E-state index is 12.8. The third-order valence-corrected chi connectivity index (χ3v) is 5.08. The van der Waals surface area contributed by atoms with Crippen molar-refractivity contribution in [3.8, 4) is 5.75 Å². The molecule has 0 spiro atoms. The first-order chi connectivity index (χ1) is 12.9. The summed E-state index contributed by atoms with van der Waals surface area (Å²) in [5.74, 6) is 1.02. The van der Waals surface area contributed by atoms with Crippen LogP contribution in [0.25, 0.3) is 0 Å². The van der Waals surface area contributed by atoms with Crippen LogP contribution in [0.4, 0.5) is 5.69 Å². The Hall–Kier alpha value is -2.49. The SMILES string of the molecule is CCOc1ccc(N2CCN(C(=O)c3ccc(C(C)(C)C)cc3)CC2)cc1. The molecule has 0 aliphatic carbocycles. The van der Waals surface area contributed by atoms with Crippen molar-refractivity contribution in [3.05, 3.63) is 59.7 Å². The Morgan fingerprint density at radius 1 is 0.926 bits per heavy atom. The zero-order chi connectivity index (χ0) is 19.4. The highest BCUT2D eigenvalue weighted by Crippen LogP contribution is 2.24. The summed E-state index contributed by atoms with van der Waals surface area (Å²) >= 11 is 0. The van der Waals surface area contributed by atoms with Gasteiger partial charge < -0.3 is 14.5 Å². The lowest BCUT2D eigenvalue weighted by Gasteiger charge is -2.36. The fraction of sp³-hybridized carbons (Fsp3) is 0.435. The third kappa shape index (κ3) is 4.62. The lowest BCUT2D eigenvalue weighted by atomic mass is 9.86. The van der Waals surface area contributed by atoms with Gasteiger partial charge >= 0.3 is 0 Å². The molecular formula is C23H30N2O2. The number of benzene rings is 2. The van der Waals surface area contributed by atoms with Crippen molar-refractivity contribution < 1.29 is 9.53 Å². The van der Waals surface area contributed by atoms with Crippen LogP contribution < -0.4 is 9.64 Å². The van der Waals surface area contributed by atoms with E-state index in [4.69, 9.17) is 4.74 Å². The first kappa shape index (κ1) is 19.3. The van der Waals surface area contributed by atoms with Crippen LogP contribution in [0.15, 0.2) is 48.5 Å². The van der Waals surface area contributed by atoms with Crippen molar-refractivity contribution in [2.24, 2.45) is 0 Å². The average Bonchev–Trinajstić information content (AvgIpc) is 2.68. The number of amides is 1. The van der Waals surface area contributed by atoms with E-state index in [1.165, 1.54) is 11.3 Å². The standard InChI is InChI=1S/C23H30N2O2/c1-5-27-21-12-10-20(11-13-21)24-14-16-25(17-15-24)22(26)18-6-8-19(9-7-18)23(2,3)4/h6-13H,5,14-17H2,1-4H3. The monoisotopic (exact) mass is 366 g/mol. The van der Waals surface area contributed by atoms with Crippen LogP contribution in [0.5, 0.6) is 5.75 Å². The van der Waals surface area contributed by atoms with Crippen molar-refractivity contribution in [1.82, 2.24) is 4.90 Å². The number of carbonyl (C=O) groups is 1. The predicted molar refractivity (Wildman–Crippen MR) is 111 cm³/mol. The third-order valence-electron chi connectivity index (χ3n) is 5.08. The number of anilines is 1. The minimum Gasteiger partial charge on any atom is -0.494 e. The molecule has 1 saturated heterocycles. The second-order valence-electron chi connectivity index (χ2n) is 8.03. The summed E-state index contributed by atoms with van der Waals surface area (Å²) in [5.41, 5.74) is 3.31. The first-order valence-electron chi connectivity index (χ1n) is 9.76. The molecule has 1 fully saturated rings. The molecule has 2 aromatic carbocycles. The van der Waals surface area contributed by atoms with Crippen LogP contribution in [-0.4, -0.2) is 43.6 Å². The lowest BCUT2D eigenvalue weighted by molar-refractivity contribution is 0.0746. The van der Waals surface area contributed by atoms with Gasteiger partial charge in [0.05, 0.1) is 6.61 Å². The summed E-state index contributed by atoms with van der Waals surface area (Å²) in [5, 5.41) is 0. The minimum atomic E-state index is 0.102. The van der Waals surface area contributed by atoms with Crippen molar-refractivity contribution in [2.45, 2.75) is 33.1 Å². The number of nitrogens with zero attached hydrogens (tertiary/aromatic N) is 2. The molecule has 0 unspecified atom stereocenters. The van der Waals surface area contributed by atoms with E-state index in [-0.39, 0.29) is 11.3 Å². The molecule has 4 nitrogen and oxygen atoms in total. The molecule has 3 rings (SSSR count). The topological polar surface area (TPSA) is 32.8 Å². The molecule has 0 atom stereocenters. The summed E-state index contributed by atoms with van der Waals surface area (Å²) < 4.78 is 5.50. The molecule has 1 amide bonds. The van der Waals surface area contributed by atoms with Crippen LogP contribution in [0, 0.1) is 0 Å². The first-order valence-corrected chi connectivity index (χ1v) is 9.76. The van der Waals surface area contributed by atoms with E-state index >= 15 is 0 Å². The van der Waals surface area contributed by atoms with Crippen LogP contribution in [0.3, 0.4) is 0 Å². The summed E-state index contributed by atoms with van der Waals surface area (Å²) in [7, 11) is 0. The van der Waals surface area contributed by atoms with Gasteiger partial charge in [-0.15, -0.1) is 0 Å². The Bertz CT molecular complexity index is 752. The Labute approximate surface area is 162 Å². The lowest BCUT2D eigenvalue weighted by Crippen LogP contribution is -2.48. The van der Waals surface area contributed by atoms with Gasteiger partial charge in [0.25, 0.3) is 5.91 Å². The quantitative estimate of drug-likeness (QED) is 0.807. The van der Waals surface area contributed by atoms with E-state index < -0.39 is 0 Å². The molecule has 144 valence electrons. The van der Waals surface area contributed by atoms with E-state index in [2.05, 4.69) is 49.9 Å². The molecule has 1 heterocycles. The molecule has 4 heteroatoms. The number of rotatable bonds is 4. The molecule has 0 bridgehead atoms. The molecule has 0 aromatic heterocycles. The van der Waals surface area contributed by atoms with Crippen molar-refractivity contribution >= 4 is 11.6 Å². The zero-order valence-electron chi connectivity index (χ0n) is 16.9. The smallest absolute Gasteiger partial charge is 0.253 e. The van der Waals surface area contributed by atoms with E-state index in [0.717, 1.165) is 37.5 Å². The maximum absolute atomic E-state index is 12.8. The fourth-order valence-electron chi connectivity index (χ4n) is 3.38. The molecule has 1 aliphatic rings. The van der Waals surface area contributed by atoms with Gasteiger partial charge in [-0.1, -0.05) is 32.9 Å². The predicted octanol–water partition coefficient (Wildman–Crippen LogP) is 4.35. The van der Waals surface area contributed by atoms with Gasteiger partial charge in [-0.25, -0.2) is 0 Å². The largest absolute Gasteiger partial charge is 0.494 e. The summed E-state index contributed by atoms with van der Waals surface area (Å²) in [6.07, 6.45) is 0. The highest BCUT2D eigenvalue weighted by molar-refractivity contribution is 5.94. The molecular weight excluding hydrogens is 336 g/mol. The summed E-state index contributed by atoms with van der Waals surface area (Å²) in [6.45, 7) is 12.4. The highest BCUT2D eigenvalue weighted by Gasteiger charge is 2.23. The van der Waals surface area contributed by atoms with Gasteiger partial charge in [-0.05, 0) is 54.3 Å². The second-order valence-corrected chi connectivity index (χ2v) is 8.03. The summed E-state index contributed by atoms with van der Waals surface area (Å²) in [4.78, 5) is 17.1. The van der Waals surface area contributed by atoms with E-state index in [9.17, 15) is 4.79 Å². The van der Waals surface area contributed by atoms with Crippen LogP contribution >= 0.6 is 0 Å². The van der Waals surface area contributed by atoms with Crippen molar-refractivity contribution in [3.63, 3.8) is 0 Å². The number of hydrogen-bond acceptors (Lipinski definition) is 3. The number of carbonyl (C=O) groups excluding carboxylic acids is 1. The molecule has 2 aromatic rings. The van der Waals surface area contributed by atoms with Gasteiger partial charge in [-0.3, -0.25) is 4.79 Å². The van der Waals surface area contributed by atoms with Crippen LogP contribution in [0.2, 0.25) is 0 Å². The molecule has 0 radical (unpaired) electrons. The van der Waals surface area contributed by atoms with Crippen molar-refractivity contribution in [2.75, 3.05) is 37.7 Å². The molecule has 1 aliphatic heterocycles. The second kappa shape index (κ2) is 8.03. The number of ether oxygens (including phenoxy) is 1. The zero-order valence-corrected chi connectivity index (χ0v) is 16.9. The van der Waals surface area contributed by atoms with Gasteiger partial charge in [0, 0.05) is 37.4 Å². The summed E-state index contributed by atoms with van der Waals surface area (Å²) in [6, 6.07) is 16.3. The Morgan fingerprint density at radius 2 is 1.52 bits per heavy atom. The van der Waals surface area contributed by atoms with Gasteiger partial charge in [0.1, 0.15) is 5.75 Å². The Kier molecular flexibility index (Phi) is 5.73.